The van der Waals surface area contributed by atoms with Gasteiger partial charge in [-0.3, -0.25) is 0 Å². The van der Waals surface area contributed by atoms with Gasteiger partial charge < -0.3 is 10.2 Å². The quantitative estimate of drug-likeness (QED) is 0.522. The zero-order chi connectivity index (χ0) is 16.5. The van der Waals surface area contributed by atoms with Crippen molar-refractivity contribution < 1.29 is 10.2 Å². The van der Waals surface area contributed by atoms with Gasteiger partial charge in [-0.2, -0.15) is 0 Å². The molecule has 0 radical (unpaired) electrons. The Morgan fingerprint density at radius 2 is 1.67 bits per heavy atom. The van der Waals surface area contributed by atoms with Crippen LogP contribution in [0.5, 0.6) is 0 Å². The van der Waals surface area contributed by atoms with Crippen LogP contribution in [0.3, 0.4) is 0 Å². The smallest absolute Gasteiger partial charge is 0.0771 e. The van der Waals surface area contributed by atoms with Gasteiger partial charge in [-0.05, 0) is 44.4 Å². The second kappa shape index (κ2) is 9.63. The lowest BCUT2D eigenvalue weighted by molar-refractivity contribution is 0.0670. The van der Waals surface area contributed by atoms with E-state index in [1.807, 2.05) is 19.9 Å². The van der Waals surface area contributed by atoms with Crippen LogP contribution in [0.4, 0.5) is 0 Å². The summed E-state index contributed by atoms with van der Waals surface area (Å²) in [5.41, 5.74) is -0.578. The molecule has 2 atom stereocenters. The molecule has 0 heterocycles. The fourth-order valence-electron chi connectivity index (χ4n) is 2.48. The van der Waals surface area contributed by atoms with Gasteiger partial charge in [0.1, 0.15) is 0 Å². The van der Waals surface area contributed by atoms with Crippen molar-refractivity contribution in [3.05, 3.63) is 12.2 Å². The van der Waals surface area contributed by atoms with Gasteiger partial charge in [0.15, 0.2) is 0 Å². The third kappa shape index (κ3) is 11.0. The van der Waals surface area contributed by atoms with E-state index in [0.717, 1.165) is 32.1 Å². The van der Waals surface area contributed by atoms with Crippen molar-refractivity contribution in [2.24, 2.45) is 11.3 Å². The van der Waals surface area contributed by atoms with Crippen LogP contribution in [0, 0.1) is 11.3 Å². The number of aliphatic hydroxyl groups excluding tert-OH is 1. The summed E-state index contributed by atoms with van der Waals surface area (Å²) in [6, 6.07) is 0. The Hall–Kier alpha value is -0.340. The summed E-state index contributed by atoms with van der Waals surface area (Å²) in [7, 11) is 0. The SMILES string of the molecule is CCCCC(C)(C)C(O)/C=C/C[C@H](C)CCCC(C)(C)O. The molecule has 2 heteroatoms. The topological polar surface area (TPSA) is 40.5 Å². The van der Waals surface area contributed by atoms with E-state index in [9.17, 15) is 10.2 Å². The Labute approximate surface area is 132 Å². The highest BCUT2D eigenvalue weighted by molar-refractivity contribution is 4.96. The van der Waals surface area contributed by atoms with Crippen molar-refractivity contribution >= 4 is 0 Å². The van der Waals surface area contributed by atoms with E-state index in [1.54, 1.807) is 0 Å². The molecule has 0 spiro atoms. The summed E-state index contributed by atoms with van der Waals surface area (Å²) >= 11 is 0. The van der Waals surface area contributed by atoms with Gasteiger partial charge in [-0.1, -0.05) is 65.5 Å². The lowest BCUT2D eigenvalue weighted by Gasteiger charge is -2.28. The van der Waals surface area contributed by atoms with Crippen LogP contribution in [0.15, 0.2) is 12.2 Å². The van der Waals surface area contributed by atoms with E-state index >= 15 is 0 Å². The molecule has 1 unspecified atom stereocenters. The van der Waals surface area contributed by atoms with Crippen molar-refractivity contribution in [3.8, 4) is 0 Å². The molecule has 0 saturated carbocycles. The maximum Gasteiger partial charge on any atom is 0.0771 e. The first-order chi connectivity index (χ1) is 9.58. The summed E-state index contributed by atoms with van der Waals surface area (Å²) in [6.07, 6.45) is 11.2. The molecule has 0 amide bonds. The minimum Gasteiger partial charge on any atom is -0.390 e. The van der Waals surface area contributed by atoms with Crippen molar-refractivity contribution in [3.63, 3.8) is 0 Å². The molecule has 126 valence electrons. The van der Waals surface area contributed by atoms with E-state index < -0.39 is 5.60 Å². The number of rotatable bonds is 11. The Balaban J connectivity index is 4.02. The number of hydrogen-bond donors (Lipinski definition) is 2. The molecule has 0 aromatic rings. The average molecular weight is 299 g/mol. The van der Waals surface area contributed by atoms with Crippen LogP contribution in [0.2, 0.25) is 0 Å². The van der Waals surface area contributed by atoms with Crippen LogP contribution in [-0.4, -0.2) is 21.9 Å². The molecular weight excluding hydrogens is 260 g/mol. The van der Waals surface area contributed by atoms with Gasteiger partial charge in [0.2, 0.25) is 0 Å². The molecule has 2 N–H and O–H groups in total. The van der Waals surface area contributed by atoms with Crippen molar-refractivity contribution in [2.45, 2.75) is 98.2 Å². The Morgan fingerprint density at radius 1 is 1.05 bits per heavy atom. The number of allylic oxidation sites excluding steroid dienone is 1. The first-order valence-electron chi connectivity index (χ1n) is 8.65. The summed E-state index contributed by atoms with van der Waals surface area (Å²) < 4.78 is 0. The van der Waals surface area contributed by atoms with E-state index in [4.69, 9.17) is 0 Å². The molecule has 0 bridgehead atoms. The van der Waals surface area contributed by atoms with Gasteiger partial charge in [0.05, 0.1) is 11.7 Å². The normalized spacial score (nSPS) is 16.4. The van der Waals surface area contributed by atoms with Crippen LogP contribution >= 0.6 is 0 Å². The number of aliphatic hydroxyl groups is 2. The largest absolute Gasteiger partial charge is 0.390 e. The van der Waals surface area contributed by atoms with Gasteiger partial charge >= 0.3 is 0 Å². The van der Waals surface area contributed by atoms with Gasteiger partial charge in [0, 0.05) is 0 Å². The minimum atomic E-state index is -0.547. The fraction of sp³-hybridized carbons (Fsp3) is 0.895. The minimum absolute atomic E-state index is 0.0311. The molecule has 0 aromatic carbocycles. The summed E-state index contributed by atoms with van der Waals surface area (Å²) in [6.45, 7) is 12.4. The van der Waals surface area contributed by atoms with E-state index in [-0.39, 0.29) is 11.5 Å². The lowest BCUT2D eigenvalue weighted by Crippen LogP contribution is -2.27. The van der Waals surface area contributed by atoms with Crippen LogP contribution in [0.1, 0.15) is 86.5 Å². The highest BCUT2D eigenvalue weighted by Crippen LogP contribution is 2.28. The number of unbranched alkanes of at least 4 members (excludes halogenated alkanes) is 1. The standard InChI is InChI=1S/C19H38O2/c1-7-8-14-18(3,4)17(20)13-9-11-16(2)12-10-15-19(5,6)21/h9,13,16-17,20-21H,7-8,10-12,14-15H2,1-6H3/b13-9+/t16-,17?/m0/s1. The lowest BCUT2D eigenvalue weighted by atomic mass is 9.81. The van der Waals surface area contributed by atoms with Crippen LogP contribution in [-0.2, 0) is 0 Å². The average Bonchev–Trinajstić information content (AvgIpc) is 2.34. The number of hydrogen-bond acceptors (Lipinski definition) is 2. The Morgan fingerprint density at radius 3 is 2.19 bits per heavy atom. The molecule has 21 heavy (non-hydrogen) atoms. The van der Waals surface area contributed by atoms with E-state index in [2.05, 4.69) is 33.8 Å². The molecule has 0 aliphatic rings. The maximum atomic E-state index is 10.3. The highest BCUT2D eigenvalue weighted by Gasteiger charge is 2.24. The Kier molecular flexibility index (Phi) is 9.48. The predicted molar refractivity (Wildman–Crippen MR) is 92.4 cm³/mol. The second-order valence-electron chi connectivity index (χ2n) is 8.01. The zero-order valence-electron chi connectivity index (χ0n) is 15.2. The van der Waals surface area contributed by atoms with Crippen molar-refractivity contribution in [1.82, 2.24) is 0 Å². The molecule has 0 aliphatic carbocycles. The van der Waals surface area contributed by atoms with Crippen LogP contribution < -0.4 is 0 Å². The van der Waals surface area contributed by atoms with Gasteiger partial charge in [-0.15, -0.1) is 0 Å². The molecule has 0 saturated heterocycles. The Bertz CT molecular complexity index is 286. The molecule has 0 fully saturated rings. The van der Waals surface area contributed by atoms with Gasteiger partial charge in [-0.25, -0.2) is 0 Å². The van der Waals surface area contributed by atoms with Crippen molar-refractivity contribution in [1.29, 1.82) is 0 Å². The van der Waals surface area contributed by atoms with Crippen LogP contribution in [0.25, 0.3) is 0 Å². The highest BCUT2D eigenvalue weighted by atomic mass is 16.3. The summed E-state index contributed by atoms with van der Waals surface area (Å²) in [5.74, 6) is 0.606. The first kappa shape index (κ1) is 20.7. The molecule has 0 rings (SSSR count). The maximum absolute atomic E-state index is 10.3. The third-order valence-electron chi connectivity index (χ3n) is 4.32. The summed E-state index contributed by atoms with van der Waals surface area (Å²) in [5, 5.41) is 20.0. The summed E-state index contributed by atoms with van der Waals surface area (Å²) in [4.78, 5) is 0. The van der Waals surface area contributed by atoms with E-state index in [0.29, 0.717) is 5.92 Å². The third-order valence-corrected chi connectivity index (χ3v) is 4.32. The van der Waals surface area contributed by atoms with E-state index in [1.165, 1.54) is 12.8 Å². The second-order valence-corrected chi connectivity index (χ2v) is 8.01. The molecule has 2 nitrogen and oxygen atoms in total. The van der Waals surface area contributed by atoms with Gasteiger partial charge in [0.25, 0.3) is 0 Å². The van der Waals surface area contributed by atoms with Crippen molar-refractivity contribution in [2.75, 3.05) is 0 Å². The molecular formula is C19H38O2. The first-order valence-corrected chi connectivity index (χ1v) is 8.65. The fourth-order valence-corrected chi connectivity index (χ4v) is 2.48. The zero-order valence-corrected chi connectivity index (χ0v) is 15.2. The monoisotopic (exact) mass is 298 g/mol. The molecule has 0 aliphatic heterocycles. The predicted octanol–water partition coefficient (Wildman–Crippen LogP) is 5.09. The molecule has 0 aromatic heterocycles.